The zero-order chi connectivity index (χ0) is 29.7. The quantitative estimate of drug-likeness (QED) is 0.515. The SMILES string of the molecule is O=C1CCC(N2Cc3c(OCCN4CCCC4C(=O)N4CCC5(CC4)COc4cc(F)ccc45)cccc3C2=O)C(=O)N1. The van der Waals surface area contributed by atoms with E-state index in [9.17, 15) is 23.6 Å². The van der Waals surface area contributed by atoms with Gasteiger partial charge in [0.2, 0.25) is 17.7 Å². The van der Waals surface area contributed by atoms with Crippen molar-refractivity contribution in [2.45, 2.75) is 62.6 Å². The molecule has 2 aromatic rings. The molecular formula is C32H35FN4O6. The molecule has 1 spiro atoms. The van der Waals surface area contributed by atoms with Gasteiger partial charge in [0.05, 0.1) is 19.2 Å². The van der Waals surface area contributed by atoms with Gasteiger partial charge in [-0.25, -0.2) is 4.39 Å². The van der Waals surface area contributed by atoms with Gasteiger partial charge in [0.25, 0.3) is 5.91 Å². The van der Waals surface area contributed by atoms with Crippen molar-refractivity contribution in [2.75, 3.05) is 39.4 Å². The van der Waals surface area contributed by atoms with Crippen LogP contribution < -0.4 is 14.8 Å². The highest BCUT2D eigenvalue weighted by Gasteiger charge is 2.45. The van der Waals surface area contributed by atoms with Gasteiger partial charge in [-0.1, -0.05) is 12.1 Å². The highest BCUT2D eigenvalue weighted by Crippen LogP contribution is 2.46. The average Bonchev–Trinajstić information content (AvgIpc) is 3.70. The fourth-order valence-corrected chi connectivity index (χ4v) is 7.47. The van der Waals surface area contributed by atoms with Gasteiger partial charge in [0.15, 0.2) is 0 Å². The van der Waals surface area contributed by atoms with Gasteiger partial charge in [0, 0.05) is 54.2 Å². The van der Waals surface area contributed by atoms with Crippen LogP contribution in [0.1, 0.15) is 60.0 Å². The molecule has 5 aliphatic heterocycles. The number of carbonyl (C=O) groups is 4. The first-order chi connectivity index (χ1) is 20.8. The van der Waals surface area contributed by atoms with E-state index in [2.05, 4.69) is 10.2 Å². The van der Waals surface area contributed by atoms with Crippen LogP contribution in [0.2, 0.25) is 0 Å². The molecule has 226 valence electrons. The molecule has 2 aromatic carbocycles. The normalized spacial score (nSPS) is 24.6. The van der Waals surface area contributed by atoms with Crippen LogP contribution in [0.5, 0.6) is 11.5 Å². The van der Waals surface area contributed by atoms with Gasteiger partial charge in [0.1, 0.15) is 30.0 Å². The lowest BCUT2D eigenvalue weighted by Gasteiger charge is -2.40. The summed E-state index contributed by atoms with van der Waals surface area (Å²) in [5, 5.41) is 2.33. The first-order valence-corrected chi connectivity index (χ1v) is 15.2. The number of piperidine rings is 2. The van der Waals surface area contributed by atoms with Crippen molar-refractivity contribution >= 4 is 23.6 Å². The van der Waals surface area contributed by atoms with E-state index < -0.39 is 11.9 Å². The maximum atomic E-state index is 13.7. The number of hydrogen-bond acceptors (Lipinski definition) is 7. The van der Waals surface area contributed by atoms with E-state index in [-0.39, 0.29) is 48.0 Å². The first kappa shape index (κ1) is 27.8. The van der Waals surface area contributed by atoms with Gasteiger partial charge in [-0.3, -0.25) is 29.4 Å². The monoisotopic (exact) mass is 590 g/mol. The standard InChI is InChI=1S/C32H35FN4O6/c33-20-6-7-23-27(17-20)43-19-32(23)10-13-36(14-11-32)31(41)25-4-2-12-35(25)15-16-42-26-5-1-3-21-22(26)18-37(30(21)40)24-8-9-28(38)34-29(24)39/h1,3,5-7,17,24-25H,2,4,8-16,18-19H2,(H,34,38,39). The molecule has 11 heteroatoms. The lowest BCUT2D eigenvalue weighted by atomic mass is 9.74. The molecule has 0 bridgehead atoms. The molecule has 1 N–H and O–H groups in total. The number of amides is 4. The van der Waals surface area contributed by atoms with Crippen LogP contribution in [0.25, 0.3) is 0 Å². The summed E-state index contributed by atoms with van der Waals surface area (Å²) < 4.78 is 25.7. The Balaban J connectivity index is 0.948. The first-order valence-electron chi connectivity index (χ1n) is 15.2. The minimum atomic E-state index is -0.676. The number of carbonyl (C=O) groups excluding carboxylic acids is 4. The van der Waals surface area contributed by atoms with Gasteiger partial charge >= 0.3 is 0 Å². The molecule has 5 heterocycles. The number of fused-ring (bicyclic) bond motifs is 3. The zero-order valence-electron chi connectivity index (χ0n) is 24.0. The lowest BCUT2D eigenvalue weighted by molar-refractivity contribution is -0.138. The topological polar surface area (TPSA) is 108 Å². The predicted molar refractivity (Wildman–Crippen MR) is 152 cm³/mol. The average molecular weight is 591 g/mol. The molecule has 43 heavy (non-hydrogen) atoms. The van der Waals surface area contributed by atoms with Gasteiger partial charge in [-0.15, -0.1) is 0 Å². The van der Waals surface area contributed by atoms with E-state index in [1.54, 1.807) is 12.1 Å². The lowest BCUT2D eigenvalue weighted by Crippen LogP contribution is -2.52. The van der Waals surface area contributed by atoms with Crippen molar-refractivity contribution in [3.63, 3.8) is 0 Å². The maximum Gasteiger partial charge on any atom is 0.255 e. The van der Waals surface area contributed by atoms with Crippen LogP contribution in [0.3, 0.4) is 0 Å². The Labute approximate surface area is 249 Å². The van der Waals surface area contributed by atoms with Crippen LogP contribution in [0.4, 0.5) is 4.39 Å². The van der Waals surface area contributed by atoms with Crippen LogP contribution in [0, 0.1) is 5.82 Å². The van der Waals surface area contributed by atoms with Crippen molar-refractivity contribution in [3.05, 3.63) is 58.9 Å². The summed E-state index contributed by atoms with van der Waals surface area (Å²) in [4.78, 5) is 56.4. The molecule has 0 saturated carbocycles. The Morgan fingerprint density at radius 3 is 2.74 bits per heavy atom. The van der Waals surface area contributed by atoms with E-state index in [0.717, 1.165) is 43.4 Å². The zero-order valence-corrected chi connectivity index (χ0v) is 24.0. The third kappa shape index (κ3) is 4.93. The van der Waals surface area contributed by atoms with Crippen LogP contribution in [0.15, 0.2) is 36.4 Å². The van der Waals surface area contributed by atoms with E-state index in [0.29, 0.717) is 56.3 Å². The molecular weight excluding hydrogens is 555 g/mol. The van der Waals surface area contributed by atoms with Crippen LogP contribution in [-0.4, -0.2) is 89.8 Å². The molecule has 0 aliphatic carbocycles. The number of nitrogens with one attached hydrogen (secondary N) is 1. The molecule has 2 atom stereocenters. The van der Waals surface area contributed by atoms with E-state index >= 15 is 0 Å². The maximum absolute atomic E-state index is 13.7. The summed E-state index contributed by atoms with van der Waals surface area (Å²) in [6.07, 6.45) is 3.85. The van der Waals surface area contributed by atoms with Crippen molar-refractivity contribution in [1.82, 2.24) is 20.0 Å². The van der Waals surface area contributed by atoms with Crippen molar-refractivity contribution in [3.8, 4) is 11.5 Å². The summed E-state index contributed by atoms with van der Waals surface area (Å²) in [6.45, 7) is 3.83. The minimum absolute atomic E-state index is 0.150. The molecule has 7 rings (SSSR count). The van der Waals surface area contributed by atoms with Gasteiger partial charge in [-0.2, -0.15) is 0 Å². The minimum Gasteiger partial charge on any atom is -0.492 e. The number of rotatable bonds is 6. The Morgan fingerprint density at radius 2 is 1.93 bits per heavy atom. The summed E-state index contributed by atoms with van der Waals surface area (Å²) in [5.74, 6) is 0.0875. The smallest absolute Gasteiger partial charge is 0.255 e. The summed E-state index contributed by atoms with van der Waals surface area (Å²) >= 11 is 0. The van der Waals surface area contributed by atoms with Gasteiger partial charge < -0.3 is 19.3 Å². The Bertz CT molecular complexity index is 1490. The number of hydrogen-bond donors (Lipinski definition) is 1. The largest absolute Gasteiger partial charge is 0.492 e. The van der Waals surface area contributed by atoms with Crippen molar-refractivity contribution in [2.24, 2.45) is 0 Å². The number of ether oxygens (including phenoxy) is 2. The van der Waals surface area contributed by atoms with E-state index in [4.69, 9.17) is 9.47 Å². The van der Waals surface area contributed by atoms with Crippen molar-refractivity contribution in [1.29, 1.82) is 0 Å². The number of imide groups is 1. The summed E-state index contributed by atoms with van der Waals surface area (Å²) in [5.41, 5.74) is 2.15. The molecule has 10 nitrogen and oxygen atoms in total. The Hall–Kier alpha value is -3.99. The highest BCUT2D eigenvalue weighted by molar-refractivity contribution is 6.05. The summed E-state index contributed by atoms with van der Waals surface area (Å²) in [6, 6.07) is 9.25. The molecule has 0 radical (unpaired) electrons. The molecule has 0 aromatic heterocycles. The van der Waals surface area contributed by atoms with Crippen LogP contribution >= 0.6 is 0 Å². The molecule has 4 amide bonds. The molecule has 2 unspecified atom stereocenters. The second-order valence-corrected chi connectivity index (χ2v) is 12.3. The second-order valence-electron chi connectivity index (χ2n) is 12.3. The number of likely N-dealkylation sites (tertiary alicyclic amines) is 2. The number of benzene rings is 2. The van der Waals surface area contributed by atoms with Crippen molar-refractivity contribution < 1.29 is 33.0 Å². The number of nitrogens with zero attached hydrogens (tertiary/aromatic N) is 3. The Morgan fingerprint density at radius 1 is 1.09 bits per heavy atom. The Kier molecular flexibility index (Phi) is 7.07. The molecule has 5 aliphatic rings. The fraction of sp³-hybridized carbons (Fsp3) is 0.500. The van der Waals surface area contributed by atoms with E-state index in [1.165, 1.54) is 17.0 Å². The van der Waals surface area contributed by atoms with E-state index in [1.807, 2.05) is 17.0 Å². The second kappa shape index (κ2) is 10.9. The third-order valence-electron chi connectivity index (χ3n) is 9.88. The molecule has 3 saturated heterocycles. The summed E-state index contributed by atoms with van der Waals surface area (Å²) in [7, 11) is 0. The fourth-order valence-electron chi connectivity index (χ4n) is 7.47. The van der Waals surface area contributed by atoms with Gasteiger partial charge in [-0.05, 0) is 56.8 Å². The molecule has 3 fully saturated rings. The highest BCUT2D eigenvalue weighted by atomic mass is 19.1. The third-order valence-corrected chi connectivity index (χ3v) is 9.88. The predicted octanol–water partition coefficient (Wildman–Crippen LogP) is 2.38. The number of halogens is 1. The van der Waals surface area contributed by atoms with Crippen LogP contribution in [-0.2, 0) is 26.3 Å².